The van der Waals surface area contributed by atoms with Gasteiger partial charge < -0.3 is 14.2 Å². The van der Waals surface area contributed by atoms with Gasteiger partial charge in [-0.3, -0.25) is 18.7 Å². The molecule has 2 aliphatic rings. The van der Waals surface area contributed by atoms with Gasteiger partial charge in [0.15, 0.2) is 0 Å². The van der Waals surface area contributed by atoms with Gasteiger partial charge in [0, 0.05) is 53.0 Å². The first-order valence-electron chi connectivity index (χ1n) is 12.3. The van der Waals surface area contributed by atoms with Crippen LogP contribution in [0.25, 0.3) is 11.0 Å². The number of carbonyl (C=O) groups is 1. The molecule has 0 bridgehead atoms. The Labute approximate surface area is 210 Å². The van der Waals surface area contributed by atoms with Gasteiger partial charge in [-0.15, -0.1) is 0 Å². The highest BCUT2D eigenvalue weighted by Crippen LogP contribution is 2.39. The van der Waals surface area contributed by atoms with Gasteiger partial charge in [-0.2, -0.15) is 13.2 Å². The Morgan fingerprint density at radius 2 is 1.86 bits per heavy atom. The number of hydrogen-bond acceptors (Lipinski definition) is 5. The van der Waals surface area contributed by atoms with Crippen LogP contribution in [0.1, 0.15) is 43.5 Å². The third-order valence-corrected chi connectivity index (χ3v) is 7.44. The smallest absolute Gasteiger partial charge is 0.449 e. The number of likely N-dealkylation sites (tertiary alicyclic amines) is 1. The molecule has 1 aromatic carbocycles. The second-order valence-electron chi connectivity index (χ2n) is 9.86. The molecule has 2 aromatic heterocycles. The fourth-order valence-corrected chi connectivity index (χ4v) is 5.50. The minimum atomic E-state index is -4.59. The fourth-order valence-electron chi connectivity index (χ4n) is 5.50. The van der Waals surface area contributed by atoms with Crippen molar-refractivity contribution in [3.05, 3.63) is 56.5 Å². The number of amides is 1. The minimum Gasteiger partial charge on any atom is -0.471 e. The van der Waals surface area contributed by atoms with E-state index in [2.05, 4.69) is 4.98 Å². The number of aromatic nitrogens is 4. The zero-order chi connectivity index (χ0) is 26.5. The van der Waals surface area contributed by atoms with E-state index in [1.54, 1.807) is 30.1 Å². The van der Waals surface area contributed by atoms with Crippen molar-refractivity contribution in [3.8, 4) is 5.88 Å². The molecule has 1 spiro atoms. The number of para-hydroxylation sites is 2. The van der Waals surface area contributed by atoms with E-state index in [0.717, 1.165) is 9.13 Å². The summed E-state index contributed by atoms with van der Waals surface area (Å²) in [6.45, 7) is 0.927. The lowest BCUT2D eigenvalue weighted by molar-refractivity contribution is -0.146. The van der Waals surface area contributed by atoms with E-state index in [1.165, 1.54) is 17.7 Å². The van der Waals surface area contributed by atoms with Crippen molar-refractivity contribution in [2.75, 3.05) is 13.1 Å². The van der Waals surface area contributed by atoms with E-state index in [0.29, 0.717) is 55.7 Å². The van der Waals surface area contributed by atoms with Crippen LogP contribution < -0.4 is 16.0 Å². The number of nitrogens with zero attached hydrogens (tertiary/aromatic N) is 5. The van der Waals surface area contributed by atoms with E-state index in [-0.39, 0.29) is 36.4 Å². The van der Waals surface area contributed by atoms with E-state index >= 15 is 0 Å². The molecular formula is C25H28F3N5O4. The van der Waals surface area contributed by atoms with E-state index in [1.807, 2.05) is 0 Å². The van der Waals surface area contributed by atoms with Gasteiger partial charge >= 0.3 is 11.9 Å². The van der Waals surface area contributed by atoms with Gasteiger partial charge in [0.05, 0.1) is 16.6 Å². The number of carbonyl (C=O) groups excluding carboxylic acids is 1. The summed E-state index contributed by atoms with van der Waals surface area (Å²) in [5.74, 6) is -0.800. The summed E-state index contributed by atoms with van der Waals surface area (Å²) in [5, 5.41) is 0. The molecule has 0 radical (unpaired) electrons. The van der Waals surface area contributed by atoms with E-state index in [4.69, 9.17) is 4.74 Å². The first-order valence-corrected chi connectivity index (χ1v) is 12.3. The average molecular weight is 520 g/mol. The molecule has 1 amide bonds. The number of aryl methyl sites for hydroxylation is 1. The molecule has 1 saturated heterocycles. The zero-order valence-electron chi connectivity index (χ0n) is 20.7. The standard InChI is InChI=1S/C25H28F3N5O4/c1-30-20(35)16-15-24(37-21(16)31(2)23(30)36)10-6-12-32(14-11-24)19(34)9-5-13-33-18-8-4-3-7-17(18)29-22(33)25(26,27)28/h3-4,7-8H,5-6,9-15H2,1-2H3/t24-/m0/s1. The Hall–Kier alpha value is -3.57. The molecule has 2 aliphatic heterocycles. The summed E-state index contributed by atoms with van der Waals surface area (Å²) in [6.07, 6.45) is -2.10. The highest BCUT2D eigenvalue weighted by atomic mass is 19.4. The van der Waals surface area contributed by atoms with Crippen LogP contribution in [0.4, 0.5) is 13.2 Å². The molecule has 12 heteroatoms. The maximum Gasteiger partial charge on any atom is 0.449 e. The van der Waals surface area contributed by atoms with Gasteiger partial charge in [0.1, 0.15) is 5.60 Å². The zero-order valence-corrected chi connectivity index (χ0v) is 20.7. The molecule has 3 aromatic rings. The first-order chi connectivity index (χ1) is 17.5. The monoisotopic (exact) mass is 519 g/mol. The van der Waals surface area contributed by atoms with Crippen LogP contribution in [0.2, 0.25) is 0 Å². The van der Waals surface area contributed by atoms with Crippen LogP contribution in [0.5, 0.6) is 5.88 Å². The number of benzene rings is 1. The average Bonchev–Trinajstić information content (AvgIpc) is 3.35. The molecule has 5 rings (SSSR count). The number of halogens is 3. The highest BCUT2D eigenvalue weighted by Gasteiger charge is 2.44. The molecule has 198 valence electrons. The minimum absolute atomic E-state index is 0.0224. The Kier molecular flexibility index (Phi) is 6.15. The van der Waals surface area contributed by atoms with Crippen molar-refractivity contribution in [3.63, 3.8) is 0 Å². The molecule has 1 fully saturated rings. The predicted molar refractivity (Wildman–Crippen MR) is 128 cm³/mol. The number of ether oxygens (including phenoxy) is 1. The van der Waals surface area contributed by atoms with Crippen molar-refractivity contribution >= 4 is 16.9 Å². The van der Waals surface area contributed by atoms with Gasteiger partial charge in [-0.25, -0.2) is 9.78 Å². The molecular weight excluding hydrogens is 491 g/mol. The van der Waals surface area contributed by atoms with Gasteiger partial charge in [0.25, 0.3) is 5.56 Å². The maximum atomic E-state index is 13.5. The first kappa shape index (κ1) is 25.1. The van der Waals surface area contributed by atoms with Crippen LogP contribution in [0, 0.1) is 0 Å². The summed E-state index contributed by atoms with van der Waals surface area (Å²) in [6, 6.07) is 6.43. The maximum absolute atomic E-state index is 13.5. The Morgan fingerprint density at radius 3 is 2.62 bits per heavy atom. The third-order valence-electron chi connectivity index (χ3n) is 7.44. The van der Waals surface area contributed by atoms with Crippen LogP contribution in [0.3, 0.4) is 0 Å². The number of alkyl halides is 3. The number of hydrogen-bond donors (Lipinski definition) is 0. The summed E-state index contributed by atoms with van der Waals surface area (Å²) in [7, 11) is 3.01. The van der Waals surface area contributed by atoms with Gasteiger partial charge in [-0.05, 0) is 31.4 Å². The molecule has 0 aliphatic carbocycles. The molecule has 4 heterocycles. The molecule has 0 N–H and O–H groups in total. The van der Waals surface area contributed by atoms with E-state index in [9.17, 15) is 27.6 Å². The molecule has 9 nitrogen and oxygen atoms in total. The topological polar surface area (TPSA) is 91.4 Å². The summed E-state index contributed by atoms with van der Waals surface area (Å²) in [4.78, 5) is 43.4. The SMILES string of the molecule is Cn1c2c(c(=O)n(C)c1=O)C[C@@]1(CCCN(C(=O)CCCn3c(C(F)(F)F)nc4ccccc43)CC1)O2. The van der Waals surface area contributed by atoms with Crippen molar-refractivity contribution in [2.24, 2.45) is 14.1 Å². The van der Waals surface area contributed by atoms with Crippen molar-refractivity contribution in [1.82, 2.24) is 23.6 Å². The largest absolute Gasteiger partial charge is 0.471 e. The van der Waals surface area contributed by atoms with Crippen LogP contribution in [-0.2, 0) is 38.0 Å². The van der Waals surface area contributed by atoms with Crippen LogP contribution in [-0.4, -0.2) is 48.2 Å². The summed E-state index contributed by atoms with van der Waals surface area (Å²) < 4.78 is 50.4. The molecule has 37 heavy (non-hydrogen) atoms. The quantitative estimate of drug-likeness (QED) is 0.529. The number of imidazole rings is 1. The lowest BCUT2D eigenvalue weighted by Crippen LogP contribution is -2.38. The predicted octanol–water partition coefficient (Wildman–Crippen LogP) is 2.62. The normalized spacial score (nSPS) is 19.8. The second-order valence-corrected chi connectivity index (χ2v) is 9.86. The Balaban J connectivity index is 1.24. The Morgan fingerprint density at radius 1 is 1.11 bits per heavy atom. The van der Waals surface area contributed by atoms with E-state index < -0.39 is 23.3 Å². The molecule has 0 unspecified atom stereocenters. The van der Waals surface area contributed by atoms with Crippen molar-refractivity contribution in [2.45, 2.75) is 56.8 Å². The summed E-state index contributed by atoms with van der Waals surface area (Å²) in [5.41, 5.74) is -0.353. The molecule has 0 saturated carbocycles. The fraction of sp³-hybridized carbons (Fsp3) is 0.520. The lowest BCUT2D eigenvalue weighted by Gasteiger charge is -2.27. The lowest BCUT2D eigenvalue weighted by atomic mass is 9.90. The van der Waals surface area contributed by atoms with Crippen LogP contribution in [0.15, 0.2) is 33.9 Å². The van der Waals surface area contributed by atoms with Gasteiger partial charge in [-0.1, -0.05) is 12.1 Å². The number of fused-ring (bicyclic) bond motifs is 2. The van der Waals surface area contributed by atoms with Crippen LogP contribution >= 0.6 is 0 Å². The summed E-state index contributed by atoms with van der Waals surface area (Å²) >= 11 is 0. The van der Waals surface area contributed by atoms with Crippen molar-refractivity contribution < 1.29 is 22.7 Å². The van der Waals surface area contributed by atoms with Crippen molar-refractivity contribution in [1.29, 1.82) is 0 Å². The third kappa shape index (κ3) is 4.42. The highest BCUT2D eigenvalue weighted by molar-refractivity contribution is 5.77. The molecule has 1 atom stereocenters. The number of rotatable bonds is 4. The Bertz CT molecular complexity index is 1490. The second kappa shape index (κ2) is 9.07. The van der Waals surface area contributed by atoms with Gasteiger partial charge in [0.2, 0.25) is 17.6 Å².